The molecule has 84 valence electrons. The summed E-state index contributed by atoms with van der Waals surface area (Å²) in [7, 11) is 0. The van der Waals surface area contributed by atoms with Gasteiger partial charge in [0, 0.05) is 0 Å². The highest BCUT2D eigenvalue weighted by atomic mass is 35.5. The van der Waals surface area contributed by atoms with Gasteiger partial charge in [-0.1, -0.05) is 41.0 Å². The van der Waals surface area contributed by atoms with Gasteiger partial charge in [0.15, 0.2) is 5.17 Å². The number of hydrogen-bond acceptors (Lipinski definition) is 3. The third kappa shape index (κ3) is 2.51. The van der Waals surface area contributed by atoms with Crippen molar-refractivity contribution in [3.63, 3.8) is 0 Å². The van der Waals surface area contributed by atoms with Gasteiger partial charge in [0.2, 0.25) is 5.91 Å². The second-order valence-electron chi connectivity index (χ2n) is 3.38. The maximum atomic E-state index is 11.4. The minimum atomic E-state index is -0.246. The van der Waals surface area contributed by atoms with E-state index in [0.717, 1.165) is 5.56 Å². The Morgan fingerprint density at radius 3 is 2.69 bits per heavy atom. The zero-order chi connectivity index (χ0) is 11.7. The highest BCUT2D eigenvalue weighted by Gasteiger charge is 2.29. The smallest absolute Gasteiger partial charge is 0.239 e. The number of carbonyl (C=O) groups excluding carboxylic acids is 1. The molecule has 3 nitrogen and oxygen atoms in total. The van der Waals surface area contributed by atoms with E-state index in [4.69, 9.17) is 28.6 Å². The van der Waals surface area contributed by atoms with Gasteiger partial charge in [-0.2, -0.15) is 0 Å². The molecule has 1 fully saturated rings. The van der Waals surface area contributed by atoms with Crippen LogP contribution in [0.25, 0.3) is 0 Å². The summed E-state index contributed by atoms with van der Waals surface area (Å²) in [5.74, 6) is -0.124. The van der Waals surface area contributed by atoms with Crippen LogP contribution < -0.4 is 5.32 Å². The molecule has 1 heterocycles. The molecule has 1 unspecified atom stereocenters. The van der Waals surface area contributed by atoms with Crippen molar-refractivity contribution in [3.05, 3.63) is 33.8 Å². The van der Waals surface area contributed by atoms with Crippen LogP contribution in [-0.2, 0) is 11.2 Å². The van der Waals surface area contributed by atoms with E-state index in [1.165, 1.54) is 11.8 Å². The van der Waals surface area contributed by atoms with Gasteiger partial charge in [-0.25, -0.2) is 0 Å². The van der Waals surface area contributed by atoms with Crippen molar-refractivity contribution in [2.24, 2.45) is 0 Å². The van der Waals surface area contributed by atoms with Crippen LogP contribution in [0.15, 0.2) is 18.2 Å². The fourth-order valence-electron chi connectivity index (χ4n) is 1.43. The fraction of sp³-hybridized carbons (Fsp3) is 0.200. The monoisotopic (exact) mass is 274 g/mol. The second-order valence-corrected chi connectivity index (χ2v) is 5.40. The highest BCUT2D eigenvalue weighted by Crippen LogP contribution is 2.26. The van der Waals surface area contributed by atoms with Crippen molar-refractivity contribution in [1.29, 1.82) is 5.41 Å². The molecule has 0 aromatic heterocycles. The number of rotatable bonds is 2. The van der Waals surface area contributed by atoms with Gasteiger partial charge in [0.05, 0.1) is 15.3 Å². The largest absolute Gasteiger partial charge is 0.305 e. The van der Waals surface area contributed by atoms with Crippen molar-refractivity contribution in [3.8, 4) is 0 Å². The molecule has 0 spiro atoms. The van der Waals surface area contributed by atoms with Gasteiger partial charge in [-0.05, 0) is 24.1 Å². The van der Waals surface area contributed by atoms with Crippen LogP contribution >= 0.6 is 35.0 Å². The summed E-state index contributed by atoms with van der Waals surface area (Å²) >= 11 is 12.9. The Balaban J connectivity index is 2.12. The molecule has 2 rings (SSSR count). The number of amides is 1. The lowest BCUT2D eigenvalue weighted by Crippen LogP contribution is -2.25. The van der Waals surface area contributed by atoms with Crippen molar-refractivity contribution < 1.29 is 4.79 Å². The van der Waals surface area contributed by atoms with Crippen LogP contribution in [0.1, 0.15) is 5.56 Å². The van der Waals surface area contributed by atoms with Gasteiger partial charge >= 0.3 is 0 Å². The van der Waals surface area contributed by atoms with Gasteiger partial charge in [-0.3, -0.25) is 10.2 Å². The molecule has 16 heavy (non-hydrogen) atoms. The van der Waals surface area contributed by atoms with Crippen LogP contribution in [0.2, 0.25) is 10.0 Å². The third-order valence-corrected chi connectivity index (χ3v) is 3.94. The molecular weight excluding hydrogens is 267 g/mol. The zero-order valence-electron chi connectivity index (χ0n) is 8.09. The molecule has 1 aliphatic rings. The molecule has 0 saturated carbocycles. The van der Waals surface area contributed by atoms with Crippen LogP contribution in [0.5, 0.6) is 0 Å². The quantitative estimate of drug-likeness (QED) is 0.871. The summed E-state index contributed by atoms with van der Waals surface area (Å²) in [6.07, 6.45) is 0.551. The molecule has 1 aliphatic heterocycles. The van der Waals surface area contributed by atoms with Crippen LogP contribution in [-0.4, -0.2) is 16.3 Å². The number of thioether (sulfide) groups is 1. The average Bonchev–Trinajstić information content (AvgIpc) is 2.51. The minimum absolute atomic E-state index is 0.124. The number of amidine groups is 1. The summed E-state index contributed by atoms with van der Waals surface area (Å²) in [6.45, 7) is 0. The molecule has 2 N–H and O–H groups in total. The van der Waals surface area contributed by atoms with Crippen LogP contribution in [0.4, 0.5) is 0 Å². The molecule has 1 amide bonds. The van der Waals surface area contributed by atoms with E-state index in [2.05, 4.69) is 5.32 Å². The van der Waals surface area contributed by atoms with Crippen molar-refractivity contribution in [2.75, 3.05) is 0 Å². The lowest BCUT2D eigenvalue weighted by molar-refractivity contribution is -0.118. The van der Waals surface area contributed by atoms with E-state index in [0.29, 0.717) is 16.5 Å². The van der Waals surface area contributed by atoms with Gasteiger partial charge in [0.25, 0.3) is 0 Å². The van der Waals surface area contributed by atoms with Gasteiger partial charge < -0.3 is 5.32 Å². The van der Waals surface area contributed by atoms with Crippen molar-refractivity contribution in [1.82, 2.24) is 5.32 Å². The molecule has 1 aromatic rings. The topological polar surface area (TPSA) is 53.0 Å². The number of hydrogen-bond donors (Lipinski definition) is 2. The Hall–Kier alpha value is -0.710. The third-order valence-electron chi connectivity index (χ3n) is 2.19. The summed E-state index contributed by atoms with van der Waals surface area (Å²) in [5, 5.41) is 10.7. The van der Waals surface area contributed by atoms with Gasteiger partial charge in [0.1, 0.15) is 0 Å². The standard InChI is InChI=1S/C10H8Cl2N2OS/c11-6-2-1-5(3-7(6)12)4-8-9(15)14-10(13)16-8/h1-3,8H,4H2,(H2,13,14,15). The number of benzene rings is 1. The Bertz CT molecular complexity index is 464. The van der Waals surface area contributed by atoms with E-state index >= 15 is 0 Å². The summed E-state index contributed by atoms with van der Waals surface area (Å²) < 4.78 is 0. The molecule has 6 heteroatoms. The Morgan fingerprint density at radius 2 is 2.12 bits per heavy atom. The van der Waals surface area contributed by atoms with E-state index in [1.807, 2.05) is 6.07 Å². The SMILES string of the molecule is N=C1NC(=O)C(Cc2ccc(Cl)c(Cl)c2)S1. The fourth-order valence-corrected chi connectivity index (χ4v) is 2.64. The van der Waals surface area contributed by atoms with Crippen molar-refractivity contribution in [2.45, 2.75) is 11.7 Å². The molecule has 0 aliphatic carbocycles. The summed E-state index contributed by atoms with van der Waals surface area (Å²) in [5.41, 5.74) is 0.941. The lowest BCUT2D eigenvalue weighted by Gasteiger charge is -2.06. The first-order valence-electron chi connectivity index (χ1n) is 4.56. The van der Waals surface area contributed by atoms with Crippen LogP contribution in [0.3, 0.4) is 0 Å². The molecule has 1 atom stereocenters. The minimum Gasteiger partial charge on any atom is -0.305 e. The van der Waals surface area contributed by atoms with E-state index in [9.17, 15) is 4.79 Å². The number of carbonyl (C=O) groups is 1. The van der Waals surface area contributed by atoms with E-state index in [-0.39, 0.29) is 16.3 Å². The lowest BCUT2D eigenvalue weighted by atomic mass is 10.1. The summed E-state index contributed by atoms with van der Waals surface area (Å²) in [6, 6.07) is 5.30. The molecule has 1 saturated heterocycles. The Kier molecular flexibility index (Phi) is 3.42. The molecular formula is C10H8Cl2N2OS. The molecule has 1 aromatic carbocycles. The molecule has 0 bridgehead atoms. The van der Waals surface area contributed by atoms with Crippen LogP contribution in [0, 0.1) is 5.41 Å². The normalized spacial score (nSPS) is 20.0. The average molecular weight is 275 g/mol. The van der Waals surface area contributed by atoms with Crippen molar-refractivity contribution >= 4 is 46.0 Å². The number of halogens is 2. The molecule has 0 radical (unpaired) electrons. The first-order chi connectivity index (χ1) is 7.56. The first kappa shape index (κ1) is 11.8. The highest BCUT2D eigenvalue weighted by molar-refractivity contribution is 8.15. The van der Waals surface area contributed by atoms with E-state index < -0.39 is 0 Å². The Morgan fingerprint density at radius 1 is 1.38 bits per heavy atom. The summed E-state index contributed by atoms with van der Waals surface area (Å²) in [4.78, 5) is 11.4. The Labute approximate surface area is 107 Å². The number of nitrogens with one attached hydrogen (secondary N) is 2. The maximum absolute atomic E-state index is 11.4. The maximum Gasteiger partial charge on any atom is 0.239 e. The predicted molar refractivity (Wildman–Crippen MR) is 67.4 cm³/mol. The zero-order valence-corrected chi connectivity index (χ0v) is 10.4. The second kappa shape index (κ2) is 4.65. The predicted octanol–water partition coefficient (Wildman–Crippen LogP) is 2.70. The van der Waals surface area contributed by atoms with Gasteiger partial charge in [-0.15, -0.1) is 0 Å². The first-order valence-corrected chi connectivity index (χ1v) is 6.20. The van der Waals surface area contributed by atoms with E-state index in [1.54, 1.807) is 12.1 Å².